The highest BCUT2D eigenvalue weighted by atomic mass is 15.3. The molecule has 0 aromatic carbocycles. The Hall–Kier alpha value is -2.43. The summed E-state index contributed by atoms with van der Waals surface area (Å²) in [5.74, 6) is 0.948. The average molecular weight is 253 g/mol. The van der Waals surface area contributed by atoms with Crippen LogP contribution in [-0.2, 0) is 6.42 Å². The number of hydrogen-bond acceptors (Lipinski definition) is 4. The van der Waals surface area contributed by atoms with Crippen LogP contribution in [0.3, 0.4) is 0 Å². The average Bonchev–Trinajstić information content (AvgIpc) is 2.93. The number of pyridine rings is 1. The summed E-state index contributed by atoms with van der Waals surface area (Å²) in [7, 11) is 2.04. The second-order valence-corrected chi connectivity index (χ2v) is 4.41. The van der Waals surface area contributed by atoms with E-state index in [1.807, 2.05) is 49.8 Å². The summed E-state index contributed by atoms with van der Waals surface area (Å²) < 4.78 is 1.76. The zero-order chi connectivity index (χ0) is 13.1. The molecular formula is C14H15N5. The molecule has 0 aliphatic carbocycles. The molecule has 0 saturated heterocycles. The van der Waals surface area contributed by atoms with E-state index in [2.05, 4.69) is 20.0 Å². The van der Waals surface area contributed by atoms with Crippen molar-refractivity contribution in [2.24, 2.45) is 0 Å². The lowest BCUT2D eigenvalue weighted by Gasteiger charge is -2.17. The lowest BCUT2D eigenvalue weighted by molar-refractivity contribution is 0.832. The number of fused-ring (bicyclic) bond motifs is 1. The van der Waals surface area contributed by atoms with Gasteiger partial charge in [-0.3, -0.25) is 4.98 Å². The minimum Gasteiger partial charge on any atom is -0.359 e. The standard InChI is InChI=1S/C14H15N5/c1-18(10-6-12-4-2-3-8-15-12)13-7-11-19-14(17-13)5-9-16-19/h2-5,7-9,11H,6,10H2,1H3. The van der Waals surface area contributed by atoms with Crippen LogP contribution in [0.5, 0.6) is 0 Å². The molecular weight excluding hydrogens is 238 g/mol. The smallest absolute Gasteiger partial charge is 0.157 e. The minimum atomic E-state index is 0.863. The Labute approximate surface area is 111 Å². The van der Waals surface area contributed by atoms with Gasteiger partial charge >= 0.3 is 0 Å². The molecule has 0 bridgehead atoms. The Balaban J connectivity index is 1.71. The van der Waals surface area contributed by atoms with Crippen LogP contribution >= 0.6 is 0 Å². The Bertz CT molecular complexity index is 662. The predicted molar refractivity (Wildman–Crippen MR) is 74.2 cm³/mol. The van der Waals surface area contributed by atoms with Gasteiger partial charge in [0.05, 0.1) is 6.20 Å². The zero-order valence-electron chi connectivity index (χ0n) is 10.8. The van der Waals surface area contributed by atoms with E-state index in [4.69, 9.17) is 0 Å². The quantitative estimate of drug-likeness (QED) is 0.711. The Kier molecular flexibility index (Phi) is 3.10. The van der Waals surface area contributed by atoms with Gasteiger partial charge in [0.15, 0.2) is 5.65 Å². The summed E-state index contributed by atoms with van der Waals surface area (Å²) in [5, 5.41) is 4.14. The highest BCUT2D eigenvalue weighted by Gasteiger charge is 2.05. The van der Waals surface area contributed by atoms with E-state index in [9.17, 15) is 0 Å². The lowest BCUT2D eigenvalue weighted by Crippen LogP contribution is -2.21. The highest BCUT2D eigenvalue weighted by Crippen LogP contribution is 2.10. The number of rotatable bonds is 4. The van der Waals surface area contributed by atoms with Gasteiger partial charge in [-0.25, -0.2) is 9.50 Å². The summed E-state index contributed by atoms with van der Waals surface area (Å²) in [6.45, 7) is 0.883. The van der Waals surface area contributed by atoms with Gasteiger partial charge < -0.3 is 4.90 Å². The maximum absolute atomic E-state index is 4.55. The molecule has 3 aromatic rings. The maximum Gasteiger partial charge on any atom is 0.157 e. The van der Waals surface area contributed by atoms with Crippen molar-refractivity contribution in [3.8, 4) is 0 Å². The second kappa shape index (κ2) is 5.06. The molecule has 5 nitrogen and oxygen atoms in total. The first kappa shape index (κ1) is 11.6. The van der Waals surface area contributed by atoms with Crippen molar-refractivity contribution in [1.82, 2.24) is 19.6 Å². The number of hydrogen-bond donors (Lipinski definition) is 0. The van der Waals surface area contributed by atoms with Crippen LogP contribution in [0.1, 0.15) is 5.69 Å². The van der Waals surface area contributed by atoms with Crippen molar-refractivity contribution in [2.45, 2.75) is 6.42 Å². The maximum atomic E-state index is 4.55. The van der Waals surface area contributed by atoms with Gasteiger partial charge in [-0.1, -0.05) is 6.07 Å². The molecule has 5 heteroatoms. The minimum absolute atomic E-state index is 0.863. The third-order valence-electron chi connectivity index (χ3n) is 3.06. The number of anilines is 1. The fourth-order valence-corrected chi connectivity index (χ4v) is 1.96. The van der Waals surface area contributed by atoms with Crippen molar-refractivity contribution in [3.63, 3.8) is 0 Å². The summed E-state index contributed by atoms with van der Waals surface area (Å²) in [6.07, 6.45) is 6.41. The molecule has 0 fully saturated rings. The van der Waals surface area contributed by atoms with Gasteiger partial charge in [-0.05, 0) is 18.2 Å². The summed E-state index contributed by atoms with van der Waals surface area (Å²) in [4.78, 5) is 11.0. The lowest BCUT2D eigenvalue weighted by atomic mass is 10.2. The molecule has 0 spiro atoms. The van der Waals surface area contributed by atoms with Crippen LogP contribution in [0.2, 0.25) is 0 Å². The topological polar surface area (TPSA) is 46.3 Å². The van der Waals surface area contributed by atoms with Crippen molar-refractivity contribution in [1.29, 1.82) is 0 Å². The van der Waals surface area contributed by atoms with Crippen LogP contribution < -0.4 is 4.90 Å². The molecule has 3 rings (SSSR count). The molecule has 96 valence electrons. The number of nitrogens with zero attached hydrogens (tertiary/aromatic N) is 5. The third kappa shape index (κ3) is 2.54. The zero-order valence-corrected chi connectivity index (χ0v) is 10.8. The number of aromatic nitrogens is 4. The predicted octanol–water partition coefficient (Wildman–Crippen LogP) is 1.80. The summed E-state index contributed by atoms with van der Waals surface area (Å²) in [6, 6.07) is 9.86. The van der Waals surface area contributed by atoms with E-state index in [-0.39, 0.29) is 0 Å². The van der Waals surface area contributed by atoms with Gasteiger partial charge in [0.1, 0.15) is 5.82 Å². The molecule has 0 N–H and O–H groups in total. The first-order valence-corrected chi connectivity index (χ1v) is 6.24. The van der Waals surface area contributed by atoms with E-state index in [1.54, 1.807) is 10.7 Å². The third-order valence-corrected chi connectivity index (χ3v) is 3.06. The summed E-state index contributed by atoms with van der Waals surface area (Å²) in [5.41, 5.74) is 1.96. The Morgan fingerprint density at radius 3 is 2.95 bits per heavy atom. The first-order chi connectivity index (χ1) is 9.33. The van der Waals surface area contributed by atoms with Gasteiger partial charge in [0, 0.05) is 44.2 Å². The largest absolute Gasteiger partial charge is 0.359 e. The fraction of sp³-hybridized carbons (Fsp3) is 0.214. The van der Waals surface area contributed by atoms with Crippen LogP contribution in [0.4, 0.5) is 5.82 Å². The molecule has 0 radical (unpaired) electrons. The van der Waals surface area contributed by atoms with Gasteiger partial charge in [-0.15, -0.1) is 0 Å². The van der Waals surface area contributed by atoms with E-state index in [0.29, 0.717) is 0 Å². The molecule has 0 atom stereocenters. The molecule has 0 unspecified atom stereocenters. The van der Waals surface area contributed by atoms with Crippen LogP contribution in [0.25, 0.3) is 5.65 Å². The van der Waals surface area contributed by atoms with E-state index >= 15 is 0 Å². The van der Waals surface area contributed by atoms with Crippen molar-refractivity contribution < 1.29 is 0 Å². The molecule has 0 aliphatic heterocycles. The SMILES string of the molecule is CN(CCc1ccccn1)c1ccn2nccc2n1. The van der Waals surface area contributed by atoms with E-state index < -0.39 is 0 Å². The van der Waals surface area contributed by atoms with Gasteiger partial charge in [0.2, 0.25) is 0 Å². The van der Waals surface area contributed by atoms with Gasteiger partial charge in [-0.2, -0.15) is 5.10 Å². The molecule has 0 aliphatic rings. The molecule has 19 heavy (non-hydrogen) atoms. The monoisotopic (exact) mass is 253 g/mol. The molecule has 0 amide bonds. The van der Waals surface area contributed by atoms with Crippen molar-refractivity contribution in [2.75, 3.05) is 18.5 Å². The highest BCUT2D eigenvalue weighted by molar-refractivity contribution is 5.46. The first-order valence-electron chi connectivity index (χ1n) is 6.24. The van der Waals surface area contributed by atoms with Crippen LogP contribution in [-0.4, -0.2) is 33.2 Å². The van der Waals surface area contributed by atoms with E-state index in [0.717, 1.165) is 30.1 Å². The van der Waals surface area contributed by atoms with Crippen LogP contribution in [0.15, 0.2) is 48.9 Å². The Morgan fingerprint density at radius 1 is 1.16 bits per heavy atom. The number of likely N-dealkylation sites (N-methyl/N-ethyl adjacent to an activating group) is 1. The molecule has 3 aromatic heterocycles. The van der Waals surface area contributed by atoms with E-state index in [1.165, 1.54) is 0 Å². The molecule has 3 heterocycles. The fourth-order valence-electron chi connectivity index (χ4n) is 1.96. The Morgan fingerprint density at radius 2 is 2.11 bits per heavy atom. The summed E-state index contributed by atoms with van der Waals surface area (Å²) >= 11 is 0. The van der Waals surface area contributed by atoms with Crippen molar-refractivity contribution in [3.05, 3.63) is 54.6 Å². The van der Waals surface area contributed by atoms with Crippen molar-refractivity contribution >= 4 is 11.5 Å². The van der Waals surface area contributed by atoms with Gasteiger partial charge in [0.25, 0.3) is 0 Å². The van der Waals surface area contributed by atoms with Crippen LogP contribution in [0, 0.1) is 0 Å². The second-order valence-electron chi connectivity index (χ2n) is 4.41. The molecule has 0 saturated carbocycles. The normalized spacial score (nSPS) is 10.8.